The number of hydrogen-bond acceptors (Lipinski definition) is 3. The van der Waals surface area contributed by atoms with Gasteiger partial charge in [-0.15, -0.1) is 0 Å². The van der Waals surface area contributed by atoms with Crippen LogP contribution < -0.4 is 0 Å². The Labute approximate surface area is 178 Å². The van der Waals surface area contributed by atoms with Gasteiger partial charge in [0, 0.05) is 16.8 Å². The van der Waals surface area contributed by atoms with Gasteiger partial charge in [0.25, 0.3) is 0 Å². The molecule has 0 aromatic heterocycles. The van der Waals surface area contributed by atoms with Crippen LogP contribution in [0.5, 0.6) is 0 Å². The highest BCUT2D eigenvalue weighted by Crippen LogP contribution is 2.34. The summed E-state index contributed by atoms with van der Waals surface area (Å²) in [6.07, 6.45) is 7.24. The van der Waals surface area contributed by atoms with E-state index in [4.69, 9.17) is 14.2 Å². The van der Waals surface area contributed by atoms with E-state index in [2.05, 4.69) is 73.7 Å². The largest absolute Gasteiger partial charge is 0.375 e. The molecule has 4 heteroatoms. The first-order valence-electron chi connectivity index (χ1n) is 10.6. The van der Waals surface area contributed by atoms with Gasteiger partial charge in [0.05, 0.1) is 37.1 Å². The smallest absolute Gasteiger partial charge is 0.0720 e. The SMILES string of the molecule is C[C@@H]([C@@H]1CC[C@@H](C)O1)[C@@H](C[C@@H]1CC[C@H]([C@@H](C)CI)O1)OCc1ccccc1. The summed E-state index contributed by atoms with van der Waals surface area (Å²) in [5.41, 5.74) is 1.24. The molecule has 1 aromatic carbocycles. The fourth-order valence-electron chi connectivity index (χ4n) is 4.36. The summed E-state index contributed by atoms with van der Waals surface area (Å²) < 4.78 is 20.2. The van der Waals surface area contributed by atoms with Crippen molar-refractivity contribution in [1.82, 2.24) is 0 Å². The maximum atomic E-state index is 6.46. The highest BCUT2D eigenvalue weighted by atomic mass is 127. The van der Waals surface area contributed by atoms with Crippen molar-refractivity contribution in [1.29, 1.82) is 0 Å². The van der Waals surface area contributed by atoms with Crippen LogP contribution in [0.25, 0.3) is 0 Å². The van der Waals surface area contributed by atoms with Crippen LogP contribution in [0.4, 0.5) is 0 Å². The molecule has 2 saturated heterocycles. The van der Waals surface area contributed by atoms with Gasteiger partial charge in [0.1, 0.15) is 0 Å². The molecule has 0 unspecified atom stereocenters. The van der Waals surface area contributed by atoms with E-state index in [0.717, 1.165) is 30.1 Å². The van der Waals surface area contributed by atoms with Gasteiger partial charge in [-0.25, -0.2) is 0 Å². The Morgan fingerprint density at radius 1 is 1.04 bits per heavy atom. The van der Waals surface area contributed by atoms with Crippen LogP contribution in [-0.4, -0.2) is 34.9 Å². The van der Waals surface area contributed by atoms with Crippen molar-refractivity contribution in [2.45, 2.75) is 90.0 Å². The molecular formula is C23H35IO3. The van der Waals surface area contributed by atoms with Crippen LogP contribution in [0, 0.1) is 11.8 Å². The molecule has 2 fully saturated rings. The van der Waals surface area contributed by atoms with Gasteiger partial charge in [-0.2, -0.15) is 0 Å². The summed E-state index contributed by atoms with van der Waals surface area (Å²) in [5, 5.41) is 0. The lowest BCUT2D eigenvalue weighted by molar-refractivity contribution is -0.0840. The molecule has 152 valence electrons. The molecule has 0 radical (unpaired) electrons. The van der Waals surface area contributed by atoms with Gasteiger partial charge < -0.3 is 14.2 Å². The molecule has 0 spiro atoms. The van der Waals surface area contributed by atoms with Gasteiger partial charge >= 0.3 is 0 Å². The molecule has 0 N–H and O–H groups in total. The minimum Gasteiger partial charge on any atom is -0.375 e. The van der Waals surface area contributed by atoms with Crippen LogP contribution in [0.2, 0.25) is 0 Å². The van der Waals surface area contributed by atoms with Crippen LogP contribution >= 0.6 is 22.6 Å². The Morgan fingerprint density at radius 2 is 1.78 bits per heavy atom. The average Bonchev–Trinajstić information content (AvgIpc) is 3.34. The molecule has 2 aliphatic rings. The first-order valence-corrected chi connectivity index (χ1v) is 12.1. The Bertz CT molecular complexity index is 552. The predicted molar refractivity (Wildman–Crippen MR) is 118 cm³/mol. The molecular weight excluding hydrogens is 451 g/mol. The lowest BCUT2D eigenvalue weighted by Crippen LogP contribution is -2.35. The third-order valence-corrected chi connectivity index (χ3v) is 7.65. The summed E-state index contributed by atoms with van der Waals surface area (Å²) in [4.78, 5) is 0. The maximum Gasteiger partial charge on any atom is 0.0720 e. The zero-order valence-corrected chi connectivity index (χ0v) is 19.1. The summed E-state index contributed by atoms with van der Waals surface area (Å²) in [6, 6.07) is 10.5. The molecule has 2 aliphatic heterocycles. The van der Waals surface area contributed by atoms with Crippen molar-refractivity contribution >= 4 is 22.6 Å². The van der Waals surface area contributed by atoms with Crippen LogP contribution in [-0.2, 0) is 20.8 Å². The Balaban J connectivity index is 1.60. The molecule has 3 nitrogen and oxygen atoms in total. The monoisotopic (exact) mass is 486 g/mol. The molecule has 2 heterocycles. The van der Waals surface area contributed by atoms with E-state index in [1.807, 2.05) is 0 Å². The first-order chi connectivity index (χ1) is 13.1. The zero-order chi connectivity index (χ0) is 19.2. The predicted octanol–water partition coefficient (Wildman–Crippen LogP) is 5.78. The van der Waals surface area contributed by atoms with Gasteiger partial charge in [0.2, 0.25) is 0 Å². The number of halogens is 1. The number of alkyl halides is 1. The van der Waals surface area contributed by atoms with Crippen LogP contribution in [0.15, 0.2) is 30.3 Å². The van der Waals surface area contributed by atoms with Crippen molar-refractivity contribution in [3.63, 3.8) is 0 Å². The van der Waals surface area contributed by atoms with E-state index in [-0.39, 0.29) is 6.10 Å². The van der Waals surface area contributed by atoms with Crippen LogP contribution in [0.1, 0.15) is 58.4 Å². The minimum absolute atomic E-state index is 0.180. The van der Waals surface area contributed by atoms with Gasteiger partial charge in [0.15, 0.2) is 0 Å². The minimum atomic E-state index is 0.180. The van der Waals surface area contributed by atoms with Crippen molar-refractivity contribution < 1.29 is 14.2 Å². The third kappa shape index (κ3) is 6.15. The number of ether oxygens (including phenoxy) is 3. The highest BCUT2D eigenvalue weighted by molar-refractivity contribution is 14.1. The van der Waals surface area contributed by atoms with Gasteiger partial charge in [-0.05, 0) is 44.1 Å². The molecule has 0 saturated carbocycles. The van der Waals surface area contributed by atoms with Crippen molar-refractivity contribution in [3.8, 4) is 0 Å². The first kappa shape index (κ1) is 21.5. The Morgan fingerprint density at radius 3 is 2.44 bits per heavy atom. The second-order valence-electron chi connectivity index (χ2n) is 8.50. The molecule has 0 amide bonds. The van der Waals surface area contributed by atoms with E-state index < -0.39 is 0 Å². The number of hydrogen-bond donors (Lipinski definition) is 0. The topological polar surface area (TPSA) is 27.7 Å². The Hall–Kier alpha value is -0.170. The quantitative estimate of drug-likeness (QED) is 0.327. The fourth-order valence-corrected chi connectivity index (χ4v) is 4.92. The van der Waals surface area contributed by atoms with E-state index in [1.54, 1.807) is 0 Å². The average molecular weight is 486 g/mol. The standard InChI is InChI=1S/C23H35IO3/c1-16(14-24)21-12-10-20(27-21)13-23(18(3)22-11-9-17(2)26-22)25-15-19-7-5-4-6-8-19/h4-8,16-18,20-23H,9-15H2,1-3H3/t16-,17+,18-,20-,21+,22-,23+/m0/s1. The molecule has 1 aromatic rings. The van der Waals surface area contributed by atoms with Crippen LogP contribution in [0.3, 0.4) is 0 Å². The second-order valence-corrected chi connectivity index (χ2v) is 9.38. The molecule has 0 aliphatic carbocycles. The van der Waals surface area contributed by atoms with E-state index in [0.29, 0.717) is 42.9 Å². The molecule has 3 rings (SSSR count). The summed E-state index contributed by atoms with van der Waals surface area (Å²) in [6.45, 7) is 7.46. The lowest BCUT2D eigenvalue weighted by atomic mass is 9.91. The summed E-state index contributed by atoms with van der Waals surface area (Å²) in [7, 11) is 0. The van der Waals surface area contributed by atoms with Gasteiger partial charge in [-0.3, -0.25) is 0 Å². The van der Waals surface area contributed by atoms with E-state index in [1.165, 1.54) is 12.0 Å². The Kier molecular flexibility index (Phi) is 8.42. The third-order valence-electron chi connectivity index (χ3n) is 6.26. The van der Waals surface area contributed by atoms with Crippen molar-refractivity contribution in [3.05, 3.63) is 35.9 Å². The fraction of sp³-hybridized carbons (Fsp3) is 0.739. The van der Waals surface area contributed by atoms with Gasteiger partial charge in [-0.1, -0.05) is 66.8 Å². The highest BCUT2D eigenvalue weighted by Gasteiger charge is 2.36. The summed E-state index contributed by atoms with van der Waals surface area (Å²) in [5.74, 6) is 1.03. The molecule has 27 heavy (non-hydrogen) atoms. The zero-order valence-electron chi connectivity index (χ0n) is 17.0. The van der Waals surface area contributed by atoms with Crippen molar-refractivity contribution in [2.24, 2.45) is 11.8 Å². The molecule has 7 atom stereocenters. The lowest BCUT2D eigenvalue weighted by Gasteiger charge is -2.31. The second kappa shape index (κ2) is 10.6. The molecule has 0 bridgehead atoms. The van der Waals surface area contributed by atoms with E-state index >= 15 is 0 Å². The maximum absolute atomic E-state index is 6.46. The number of rotatable bonds is 9. The van der Waals surface area contributed by atoms with E-state index in [9.17, 15) is 0 Å². The normalized spacial score (nSPS) is 31.7. The van der Waals surface area contributed by atoms with Crippen molar-refractivity contribution in [2.75, 3.05) is 4.43 Å². The summed E-state index contributed by atoms with van der Waals surface area (Å²) >= 11 is 2.47. The number of benzene rings is 1.